The zero-order valence-electron chi connectivity index (χ0n) is 14.7. The van der Waals surface area contributed by atoms with Crippen molar-refractivity contribution in [2.24, 2.45) is 0 Å². The minimum absolute atomic E-state index is 0.595. The summed E-state index contributed by atoms with van der Waals surface area (Å²) < 4.78 is 6.17. The van der Waals surface area contributed by atoms with Crippen molar-refractivity contribution >= 4 is 23.5 Å². The number of benzene rings is 2. The van der Waals surface area contributed by atoms with Gasteiger partial charge in [-0.15, -0.1) is 11.3 Å². The van der Waals surface area contributed by atoms with Crippen molar-refractivity contribution in [3.63, 3.8) is 0 Å². The van der Waals surface area contributed by atoms with Crippen molar-refractivity contribution in [3.05, 3.63) is 87.6 Å². The minimum Gasteiger partial charge on any atom is -0.488 e. The van der Waals surface area contributed by atoms with E-state index in [1.165, 1.54) is 28.8 Å². The summed E-state index contributed by atoms with van der Waals surface area (Å²) in [6.45, 7) is 2.82. The Kier molecular flexibility index (Phi) is 6.47. The van der Waals surface area contributed by atoms with Gasteiger partial charge in [0.1, 0.15) is 12.4 Å². The molecule has 0 aliphatic heterocycles. The topological polar surface area (TPSA) is 9.23 Å². The summed E-state index contributed by atoms with van der Waals surface area (Å²) in [6.07, 6.45) is 7.83. The van der Waals surface area contributed by atoms with Gasteiger partial charge in [0, 0.05) is 10.4 Å². The van der Waals surface area contributed by atoms with Gasteiger partial charge in [0.2, 0.25) is 0 Å². The lowest BCUT2D eigenvalue weighted by atomic mass is 10.0. The van der Waals surface area contributed by atoms with Crippen LogP contribution >= 0.6 is 11.3 Å². The van der Waals surface area contributed by atoms with Crippen molar-refractivity contribution in [2.75, 3.05) is 0 Å². The van der Waals surface area contributed by atoms with Gasteiger partial charge in [-0.2, -0.15) is 0 Å². The molecule has 3 rings (SSSR count). The van der Waals surface area contributed by atoms with Gasteiger partial charge >= 0.3 is 0 Å². The maximum Gasteiger partial charge on any atom is 0.127 e. The standard InChI is InChI=1S/C23H24OS/c1-2-3-8-19-12-13-21(14-15-22-11-7-16-25-22)23(17-19)24-18-20-9-5-4-6-10-20/h4-7,9-17H,2-3,8,18H2,1H3. The molecule has 3 aromatic rings. The smallest absolute Gasteiger partial charge is 0.127 e. The molecule has 128 valence electrons. The Morgan fingerprint density at radius 2 is 1.80 bits per heavy atom. The van der Waals surface area contributed by atoms with Gasteiger partial charge in [0.15, 0.2) is 0 Å². The van der Waals surface area contributed by atoms with Crippen LogP contribution in [0.25, 0.3) is 12.2 Å². The van der Waals surface area contributed by atoms with Gasteiger partial charge < -0.3 is 4.74 Å². The lowest BCUT2D eigenvalue weighted by Gasteiger charge is -2.12. The summed E-state index contributed by atoms with van der Waals surface area (Å²) in [5, 5.41) is 2.10. The predicted molar refractivity (Wildman–Crippen MR) is 109 cm³/mol. The van der Waals surface area contributed by atoms with Crippen molar-refractivity contribution < 1.29 is 4.74 Å². The number of hydrogen-bond donors (Lipinski definition) is 0. The fourth-order valence-corrected chi connectivity index (χ4v) is 3.29. The number of rotatable bonds is 8. The molecule has 0 saturated heterocycles. The molecule has 0 fully saturated rings. The quantitative estimate of drug-likeness (QED) is 0.433. The molecular formula is C23H24OS. The highest BCUT2D eigenvalue weighted by Gasteiger charge is 2.04. The third kappa shape index (κ3) is 5.33. The molecule has 1 heterocycles. The van der Waals surface area contributed by atoms with Crippen molar-refractivity contribution in [2.45, 2.75) is 32.8 Å². The average Bonchev–Trinajstić information content (AvgIpc) is 3.18. The molecule has 0 radical (unpaired) electrons. The summed E-state index contributed by atoms with van der Waals surface area (Å²) >= 11 is 1.74. The highest BCUT2D eigenvalue weighted by molar-refractivity contribution is 7.10. The Morgan fingerprint density at radius 1 is 0.920 bits per heavy atom. The Hall–Kier alpha value is -2.32. The fourth-order valence-electron chi connectivity index (χ4n) is 2.67. The normalized spacial score (nSPS) is 11.1. The monoisotopic (exact) mass is 348 g/mol. The van der Waals surface area contributed by atoms with E-state index < -0.39 is 0 Å². The second kappa shape index (κ2) is 9.24. The van der Waals surface area contributed by atoms with E-state index in [2.05, 4.69) is 66.9 Å². The molecule has 1 nitrogen and oxygen atoms in total. The molecule has 0 aliphatic rings. The molecule has 2 heteroatoms. The summed E-state index contributed by atoms with van der Waals surface area (Å²) in [5.41, 5.74) is 3.66. The van der Waals surface area contributed by atoms with E-state index in [4.69, 9.17) is 4.74 Å². The largest absolute Gasteiger partial charge is 0.488 e. The molecule has 0 bridgehead atoms. The molecule has 0 saturated carbocycles. The van der Waals surface area contributed by atoms with Gasteiger partial charge in [-0.05, 0) is 53.6 Å². The average molecular weight is 349 g/mol. The minimum atomic E-state index is 0.595. The first-order valence-electron chi connectivity index (χ1n) is 8.86. The van der Waals surface area contributed by atoms with Crippen LogP contribution in [0.1, 0.15) is 41.3 Å². The number of hydrogen-bond acceptors (Lipinski definition) is 2. The van der Waals surface area contributed by atoms with Crippen LogP contribution in [0.4, 0.5) is 0 Å². The molecule has 0 amide bonds. The molecule has 0 unspecified atom stereocenters. The summed E-state index contributed by atoms with van der Waals surface area (Å²) in [5.74, 6) is 0.963. The summed E-state index contributed by atoms with van der Waals surface area (Å²) in [6, 6.07) is 21.1. The number of unbranched alkanes of at least 4 members (excludes halogenated alkanes) is 1. The van der Waals surface area contributed by atoms with Crippen LogP contribution in [0.3, 0.4) is 0 Å². The first-order chi connectivity index (χ1) is 12.3. The third-order valence-electron chi connectivity index (χ3n) is 4.10. The molecule has 2 aromatic carbocycles. The molecule has 0 N–H and O–H groups in total. The second-order valence-electron chi connectivity index (χ2n) is 6.10. The lowest BCUT2D eigenvalue weighted by Crippen LogP contribution is -1.98. The van der Waals surface area contributed by atoms with E-state index in [9.17, 15) is 0 Å². The number of thiophene rings is 1. The van der Waals surface area contributed by atoms with Gasteiger partial charge in [-0.3, -0.25) is 0 Å². The van der Waals surface area contributed by atoms with Crippen molar-refractivity contribution in [1.29, 1.82) is 0 Å². The Balaban J connectivity index is 1.79. The molecule has 0 aliphatic carbocycles. The van der Waals surface area contributed by atoms with Crippen molar-refractivity contribution in [3.8, 4) is 5.75 Å². The molecule has 25 heavy (non-hydrogen) atoms. The van der Waals surface area contributed by atoms with E-state index in [1.807, 2.05) is 18.2 Å². The van der Waals surface area contributed by atoms with Crippen LogP contribution in [-0.4, -0.2) is 0 Å². The molecule has 0 atom stereocenters. The molecule has 0 spiro atoms. The van der Waals surface area contributed by atoms with E-state index in [0.29, 0.717) is 6.61 Å². The van der Waals surface area contributed by atoms with Crippen LogP contribution in [0.2, 0.25) is 0 Å². The SMILES string of the molecule is CCCCc1ccc(C=Cc2cccs2)c(OCc2ccccc2)c1. The predicted octanol–water partition coefficient (Wildman–Crippen LogP) is 6.84. The first kappa shape index (κ1) is 17.5. The van der Waals surface area contributed by atoms with Gasteiger partial charge in [-0.25, -0.2) is 0 Å². The van der Waals surface area contributed by atoms with Crippen LogP contribution in [0.5, 0.6) is 5.75 Å². The summed E-state index contributed by atoms with van der Waals surface area (Å²) in [4.78, 5) is 1.25. The van der Waals surface area contributed by atoms with Crippen LogP contribution in [-0.2, 0) is 13.0 Å². The highest BCUT2D eigenvalue weighted by Crippen LogP contribution is 2.25. The van der Waals surface area contributed by atoms with Crippen LogP contribution in [0, 0.1) is 0 Å². The summed E-state index contributed by atoms with van der Waals surface area (Å²) in [7, 11) is 0. The van der Waals surface area contributed by atoms with Crippen molar-refractivity contribution in [1.82, 2.24) is 0 Å². The van der Waals surface area contributed by atoms with Gasteiger partial charge in [0.05, 0.1) is 0 Å². The highest BCUT2D eigenvalue weighted by atomic mass is 32.1. The molecule has 1 aromatic heterocycles. The fraction of sp³-hybridized carbons (Fsp3) is 0.217. The van der Waals surface area contributed by atoms with E-state index in [-0.39, 0.29) is 0 Å². The van der Waals surface area contributed by atoms with E-state index in [0.717, 1.165) is 17.7 Å². The Bertz CT molecular complexity index is 788. The van der Waals surface area contributed by atoms with Gasteiger partial charge in [-0.1, -0.05) is 61.9 Å². The van der Waals surface area contributed by atoms with Gasteiger partial charge in [0.25, 0.3) is 0 Å². The maximum atomic E-state index is 6.17. The molecular weight excluding hydrogens is 324 g/mol. The van der Waals surface area contributed by atoms with Crippen LogP contribution < -0.4 is 4.74 Å². The zero-order chi connectivity index (χ0) is 17.3. The second-order valence-corrected chi connectivity index (χ2v) is 7.08. The van der Waals surface area contributed by atoms with E-state index >= 15 is 0 Å². The van der Waals surface area contributed by atoms with E-state index in [1.54, 1.807) is 11.3 Å². The number of ether oxygens (including phenoxy) is 1. The number of aryl methyl sites for hydroxylation is 1. The maximum absolute atomic E-state index is 6.17. The first-order valence-corrected chi connectivity index (χ1v) is 9.74. The third-order valence-corrected chi connectivity index (χ3v) is 4.94. The lowest BCUT2D eigenvalue weighted by molar-refractivity contribution is 0.305. The Morgan fingerprint density at radius 3 is 2.56 bits per heavy atom. The Labute approximate surface area is 154 Å². The zero-order valence-corrected chi connectivity index (χ0v) is 15.5. The van der Waals surface area contributed by atoms with Crippen LogP contribution in [0.15, 0.2) is 66.0 Å².